The van der Waals surface area contributed by atoms with Gasteiger partial charge in [0.25, 0.3) is 5.91 Å². The first-order valence-electron chi connectivity index (χ1n) is 10.7. The summed E-state index contributed by atoms with van der Waals surface area (Å²) in [6, 6.07) is 11.4. The van der Waals surface area contributed by atoms with Crippen molar-refractivity contribution in [1.82, 2.24) is 4.72 Å². The molecule has 0 radical (unpaired) electrons. The molecule has 0 aliphatic heterocycles. The third-order valence-electron chi connectivity index (χ3n) is 5.21. The third-order valence-corrected chi connectivity index (χ3v) is 6.73. The summed E-state index contributed by atoms with van der Waals surface area (Å²) in [6.07, 6.45) is 4.96. The number of anilines is 2. The van der Waals surface area contributed by atoms with Gasteiger partial charge in [0.2, 0.25) is 15.9 Å². The number of hydrogen-bond acceptors (Lipinski definition) is 5. The second-order valence-electron chi connectivity index (χ2n) is 7.98. The molecule has 32 heavy (non-hydrogen) atoms. The van der Waals surface area contributed by atoms with E-state index < -0.39 is 10.0 Å². The summed E-state index contributed by atoms with van der Waals surface area (Å²) in [6.45, 7) is 2.91. The van der Waals surface area contributed by atoms with Gasteiger partial charge < -0.3 is 15.4 Å². The Morgan fingerprint density at radius 3 is 2.34 bits per heavy atom. The van der Waals surface area contributed by atoms with E-state index >= 15 is 0 Å². The molecule has 0 heterocycles. The molecule has 0 bridgehead atoms. The smallest absolute Gasteiger partial charge is 0.262 e. The highest BCUT2D eigenvalue weighted by Gasteiger charge is 2.22. The van der Waals surface area contributed by atoms with E-state index in [2.05, 4.69) is 15.4 Å². The van der Waals surface area contributed by atoms with E-state index in [1.165, 1.54) is 13.0 Å². The topological polar surface area (TPSA) is 114 Å². The van der Waals surface area contributed by atoms with Gasteiger partial charge in [0.05, 0.1) is 4.90 Å². The molecule has 0 aromatic heterocycles. The Morgan fingerprint density at radius 1 is 1.00 bits per heavy atom. The number of hydrogen-bond donors (Lipinski definition) is 3. The highest BCUT2D eigenvalue weighted by molar-refractivity contribution is 7.89. The zero-order valence-electron chi connectivity index (χ0n) is 18.3. The van der Waals surface area contributed by atoms with E-state index in [1.807, 2.05) is 0 Å². The van der Waals surface area contributed by atoms with Gasteiger partial charge >= 0.3 is 0 Å². The van der Waals surface area contributed by atoms with Gasteiger partial charge in [0.1, 0.15) is 5.75 Å². The zero-order valence-corrected chi connectivity index (χ0v) is 19.1. The van der Waals surface area contributed by atoms with Gasteiger partial charge in [-0.15, -0.1) is 0 Å². The second-order valence-corrected chi connectivity index (χ2v) is 9.70. The molecule has 0 saturated heterocycles. The molecule has 1 fully saturated rings. The van der Waals surface area contributed by atoms with Crippen LogP contribution in [0.3, 0.4) is 0 Å². The van der Waals surface area contributed by atoms with Crippen LogP contribution in [-0.2, 0) is 19.6 Å². The highest BCUT2D eigenvalue weighted by atomic mass is 32.2. The maximum atomic E-state index is 12.7. The van der Waals surface area contributed by atoms with Crippen LogP contribution in [0, 0.1) is 6.92 Å². The van der Waals surface area contributed by atoms with Crippen molar-refractivity contribution in [3.63, 3.8) is 0 Å². The number of aryl methyl sites for hydroxylation is 1. The molecule has 3 rings (SSSR count). The summed E-state index contributed by atoms with van der Waals surface area (Å²) in [5.41, 5.74) is 1.72. The predicted octanol–water partition coefficient (Wildman–Crippen LogP) is 3.58. The lowest BCUT2D eigenvalue weighted by atomic mass is 9.96. The zero-order chi connectivity index (χ0) is 23.1. The third kappa shape index (κ3) is 6.80. The van der Waals surface area contributed by atoms with Crippen LogP contribution in [0.15, 0.2) is 47.4 Å². The highest BCUT2D eigenvalue weighted by Crippen LogP contribution is 2.24. The van der Waals surface area contributed by atoms with Gasteiger partial charge in [0, 0.05) is 24.3 Å². The van der Waals surface area contributed by atoms with Crippen molar-refractivity contribution in [2.45, 2.75) is 56.9 Å². The molecule has 1 aliphatic rings. The summed E-state index contributed by atoms with van der Waals surface area (Å²) in [5, 5.41) is 5.36. The number of sulfonamides is 1. The van der Waals surface area contributed by atoms with Gasteiger partial charge in [-0.1, -0.05) is 25.3 Å². The molecule has 9 heteroatoms. The molecule has 1 saturated carbocycles. The Bertz CT molecular complexity index is 1080. The van der Waals surface area contributed by atoms with Crippen molar-refractivity contribution in [3.8, 4) is 5.75 Å². The summed E-state index contributed by atoms with van der Waals surface area (Å²) in [5.74, 6) is -0.143. The molecule has 2 aromatic carbocycles. The molecule has 8 nitrogen and oxygen atoms in total. The van der Waals surface area contributed by atoms with Crippen LogP contribution < -0.4 is 20.1 Å². The first kappa shape index (κ1) is 23.7. The van der Waals surface area contributed by atoms with Crippen molar-refractivity contribution >= 4 is 33.2 Å². The Kier molecular flexibility index (Phi) is 7.87. The number of carbonyl (C=O) groups is 2. The van der Waals surface area contributed by atoms with Crippen molar-refractivity contribution in [2.24, 2.45) is 0 Å². The first-order valence-corrected chi connectivity index (χ1v) is 12.1. The number of nitrogens with one attached hydrogen (secondary N) is 3. The number of ether oxygens (including phenoxy) is 1. The van der Waals surface area contributed by atoms with Gasteiger partial charge in [-0.2, -0.15) is 0 Å². The summed E-state index contributed by atoms with van der Waals surface area (Å²) < 4.78 is 33.7. The Morgan fingerprint density at radius 2 is 1.69 bits per heavy atom. The van der Waals surface area contributed by atoms with Gasteiger partial charge in [0.15, 0.2) is 6.61 Å². The Labute approximate surface area is 188 Å². The van der Waals surface area contributed by atoms with Crippen molar-refractivity contribution in [3.05, 3.63) is 48.0 Å². The normalized spacial score (nSPS) is 14.6. The van der Waals surface area contributed by atoms with Gasteiger partial charge in [-0.05, 0) is 61.7 Å². The van der Waals surface area contributed by atoms with E-state index in [0.717, 1.165) is 32.1 Å². The van der Waals surface area contributed by atoms with E-state index in [0.29, 0.717) is 22.7 Å². The van der Waals surface area contributed by atoms with Crippen LogP contribution in [0.5, 0.6) is 5.75 Å². The summed E-state index contributed by atoms with van der Waals surface area (Å²) >= 11 is 0. The lowest BCUT2D eigenvalue weighted by molar-refractivity contribution is -0.118. The maximum Gasteiger partial charge on any atom is 0.262 e. The van der Waals surface area contributed by atoms with Crippen LogP contribution in [0.1, 0.15) is 44.6 Å². The number of amides is 2. The van der Waals surface area contributed by atoms with E-state index in [4.69, 9.17) is 4.74 Å². The minimum atomic E-state index is -3.60. The number of rotatable bonds is 8. The molecule has 172 valence electrons. The fourth-order valence-corrected chi connectivity index (χ4v) is 5.07. The van der Waals surface area contributed by atoms with E-state index in [-0.39, 0.29) is 29.4 Å². The molecular formula is C23H29N3O5S. The van der Waals surface area contributed by atoms with Crippen LogP contribution in [-0.4, -0.2) is 32.9 Å². The van der Waals surface area contributed by atoms with Crippen LogP contribution in [0.25, 0.3) is 0 Å². The Balaban J connectivity index is 1.57. The molecule has 0 spiro atoms. The lowest BCUT2D eigenvalue weighted by Crippen LogP contribution is -2.36. The van der Waals surface area contributed by atoms with Crippen LogP contribution >= 0.6 is 0 Å². The SMILES string of the molecule is CC(=O)Nc1cccc(NC(=O)COc2ccc(S(=O)(=O)NC3CCCCC3)cc2C)c1. The standard InChI is InChI=1S/C23H29N3O5S/c1-16-13-21(32(29,30)26-18-7-4-3-5-8-18)11-12-22(16)31-15-23(28)25-20-10-6-9-19(14-20)24-17(2)27/h6,9-14,18,26H,3-5,7-8,15H2,1-2H3,(H,24,27)(H,25,28). The maximum absolute atomic E-state index is 12.7. The molecule has 0 unspecified atom stereocenters. The van der Waals surface area contributed by atoms with Crippen molar-refractivity contribution < 1.29 is 22.7 Å². The monoisotopic (exact) mass is 459 g/mol. The van der Waals surface area contributed by atoms with Crippen molar-refractivity contribution in [2.75, 3.05) is 17.2 Å². The number of benzene rings is 2. The largest absolute Gasteiger partial charge is 0.483 e. The van der Waals surface area contributed by atoms with Crippen LogP contribution in [0.2, 0.25) is 0 Å². The molecule has 2 amide bonds. The van der Waals surface area contributed by atoms with Gasteiger partial charge in [-0.25, -0.2) is 13.1 Å². The fourth-order valence-electron chi connectivity index (χ4n) is 3.68. The Hall–Kier alpha value is -2.91. The van der Waals surface area contributed by atoms with E-state index in [9.17, 15) is 18.0 Å². The average Bonchev–Trinajstić information content (AvgIpc) is 2.73. The average molecular weight is 460 g/mol. The molecule has 1 aliphatic carbocycles. The summed E-state index contributed by atoms with van der Waals surface area (Å²) in [4.78, 5) is 23.6. The van der Waals surface area contributed by atoms with E-state index in [1.54, 1.807) is 43.3 Å². The second kappa shape index (κ2) is 10.6. The summed E-state index contributed by atoms with van der Waals surface area (Å²) in [7, 11) is -3.60. The van der Waals surface area contributed by atoms with Crippen molar-refractivity contribution in [1.29, 1.82) is 0 Å². The minimum Gasteiger partial charge on any atom is -0.483 e. The number of carbonyl (C=O) groups excluding carboxylic acids is 2. The molecule has 0 atom stereocenters. The lowest BCUT2D eigenvalue weighted by Gasteiger charge is -2.22. The minimum absolute atomic E-state index is 0.0159. The molecular weight excluding hydrogens is 430 g/mol. The molecule has 3 N–H and O–H groups in total. The van der Waals surface area contributed by atoms with Gasteiger partial charge in [-0.3, -0.25) is 9.59 Å². The quantitative estimate of drug-likeness (QED) is 0.558. The fraction of sp³-hybridized carbons (Fsp3) is 0.391. The molecule has 2 aromatic rings. The first-order chi connectivity index (χ1) is 15.2. The van der Waals surface area contributed by atoms with Crippen LogP contribution in [0.4, 0.5) is 11.4 Å². The predicted molar refractivity (Wildman–Crippen MR) is 123 cm³/mol.